The first-order valence-electron chi connectivity index (χ1n) is 5.84. The first kappa shape index (κ1) is 14.3. The first-order valence-corrected chi connectivity index (χ1v) is 6.64. The van der Waals surface area contributed by atoms with Gasteiger partial charge in [0.25, 0.3) is 5.91 Å². The zero-order valence-electron chi connectivity index (χ0n) is 9.95. The van der Waals surface area contributed by atoms with Crippen LogP contribution in [0.4, 0.5) is 13.2 Å². The van der Waals surface area contributed by atoms with E-state index in [0.29, 0.717) is 23.0 Å². The number of alkyl halides is 3. The van der Waals surface area contributed by atoms with Crippen molar-refractivity contribution in [1.29, 1.82) is 0 Å². The van der Waals surface area contributed by atoms with Crippen LogP contribution in [-0.4, -0.2) is 35.1 Å². The van der Waals surface area contributed by atoms with E-state index in [9.17, 15) is 18.0 Å². The van der Waals surface area contributed by atoms with Gasteiger partial charge >= 0.3 is 6.18 Å². The van der Waals surface area contributed by atoms with Crippen molar-refractivity contribution in [2.75, 3.05) is 13.1 Å². The molecule has 0 unspecified atom stereocenters. The molecule has 0 spiro atoms. The van der Waals surface area contributed by atoms with Crippen molar-refractivity contribution in [3.63, 3.8) is 0 Å². The predicted octanol–water partition coefficient (Wildman–Crippen LogP) is 3.26. The monoisotopic (exact) mass is 336 g/mol. The number of halogens is 4. The van der Waals surface area contributed by atoms with Gasteiger partial charge in [-0.1, -0.05) is 0 Å². The van der Waals surface area contributed by atoms with E-state index in [1.54, 1.807) is 6.07 Å². The number of piperidine rings is 1. The fourth-order valence-electron chi connectivity index (χ4n) is 2.14. The normalized spacial score (nSPS) is 20.4. The smallest absolute Gasteiger partial charge is 0.338 e. The van der Waals surface area contributed by atoms with Crippen molar-refractivity contribution in [2.45, 2.75) is 19.0 Å². The average molecular weight is 337 g/mol. The number of amides is 1. The molecule has 104 valence electrons. The quantitative estimate of drug-likeness (QED) is 0.788. The highest BCUT2D eigenvalue weighted by Crippen LogP contribution is 2.33. The molecule has 7 heteroatoms. The average Bonchev–Trinajstić information content (AvgIpc) is 2.37. The molecule has 19 heavy (non-hydrogen) atoms. The van der Waals surface area contributed by atoms with Gasteiger partial charge in [-0.15, -0.1) is 0 Å². The highest BCUT2D eigenvalue weighted by atomic mass is 79.9. The molecule has 1 fully saturated rings. The van der Waals surface area contributed by atoms with E-state index in [4.69, 9.17) is 0 Å². The van der Waals surface area contributed by atoms with Crippen LogP contribution in [0.1, 0.15) is 23.2 Å². The second kappa shape index (κ2) is 5.48. The number of pyridine rings is 1. The minimum atomic E-state index is -4.24. The molecule has 3 nitrogen and oxygen atoms in total. The molecule has 0 radical (unpaired) electrons. The van der Waals surface area contributed by atoms with E-state index in [0.717, 1.165) is 0 Å². The number of nitrogens with zero attached hydrogens (tertiary/aromatic N) is 2. The Kier molecular flexibility index (Phi) is 4.13. The molecule has 1 aromatic rings. The lowest BCUT2D eigenvalue weighted by Gasteiger charge is -2.33. The maximum atomic E-state index is 12.7. The Morgan fingerprint density at radius 1 is 1.42 bits per heavy atom. The van der Waals surface area contributed by atoms with Crippen molar-refractivity contribution >= 4 is 21.8 Å². The van der Waals surface area contributed by atoms with Crippen LogP contribution in [0.2, 0.25) is 0 Å². The Balaban J connectivity index is 2.11. The third-order valence-corrected chi connectivity index (χ3v) is 3.56. The Bertz CT molecular complexity index is 478. The van der Waals surface area contributed by atoms with Crippen molar-refractivity contribution in [3.05, 3.63) is 28.5 Å². The van der Waals surface area contributed by atoms with Crippen molar-refractivity contribution in [2.24, 2.45) is 5.92 Å². The summed E-state index contributed by atoms with van der Waals surface area (Å²) in [5.41, 5.74) is 0.303. The number of aromatic nitrogens is 1. The Hall–Kier alpha value is -1.11. The van der Waals surface area contributed by atoms with Gasteiger partial charge in [0.1, 0.15) is 0 Å². The second-order valence-electron chi connectivity index (χ2n) is 4.52. The SMILES string of the molecule is O=C(c1cncc(Br)c1)N1CCC[C@H](C(F)(F)F)C1. The highest BCUT2D eigenvalue weighted by Gasteiger charge is 2.42. The second-order valence-corrected chi connectivity index (χ2v) is 5.44. The molecule has 2 rings (SSSR count). The van der Waals surface area contributed by atoms with Gasteiger partial charge in [-0.25, -0.2) is 0 Å². The van der Waals surface area contributed by atoms with E-state index in [-0.39, 0.29) is 13.0 Å². The van der Waals surface area contributed by atoms with Gasteiger partial charge in [-0.05, 0) is 34.8 Å². The van der Waals surface area contributed by atoms with Gasteiger partial charge in [0.15, 0.2) is 0 Å². The maximum absolute atomic E-state index is 12.7. The summed E-state index contributed by atoms with van der Waals surface area (Å²) < 4.78 is 38.7. The van der Waals surface area contributed by atoms with Crippen LogP contribution >= 0.6 is 15.9 Å². The number of hydrogen-bond donors (Lipinski definition) is 0. The molecule has 1 aromatic heterocycles. The number of carbonyl (C=O) groups excluding carboxylic acids is 1. The summed E-state index contributed by atoms with van der Waals surface area (Å²) >= 11 is 3.18. The summed E-state index contributed by atoms with van der Waals surface area (Å²) in [5.74, 6) is -1.83. The summed E-state index contributed by atoms with van der Waals surface area (Å²) in [6.07, 6.45) is -0.897. The van der Waals surface area contributed by atoms with E-state index >= 15 is 0 Å². The summed E-state index contributed by atoms with van der Waals surface area (Å²) in [4.78, 5) is 17.2. The van der Waals surface area contributed by atoms with Gasteiger partial charge in [0, 0.05) is 30.0 Å². The van der Waals surface area contributed by atoms with Crippen LogP contribution in [0.15, 0.2) is 22.9 Å². The maximum Gasteiger partial charge on any atom is 0.393 e. The first-order chi connectivity index (χ1) is 8.88. The summed E-state index contributed by atoms with van der Waals surface area (Å²) in [6.45, 7) is 0.0901. The third kappa shape index (κ3) is 3.46. The topological polar surface area (TPSA) is 33.2 Å². The molecule has 1 saturated heterocycles. The molecule has 0 aromatic carbocycles. The van der Waals surface area contributed by atoms with Gasteiger partial charge in [0.2, 0.25) is 0 Å². The number of likely N-dealkylation sites (tertiary alicyclic amines) is 1. The van der Waals surface area contributed by atoms with Gasteiger partial charge in [-0.2, -0.15) is 13.2 Å². The summed E-state index contributed by atoms with van der Waals surface area (Å²) in [6, 6.07) is 1.56. The third-order valence-electron chi connectivity index (χ3n) is 3.12. The minimum Gasteiger partial charge on any atom is -0.338 e. The molecule has 1 atom stereocenters. The van der Waals surface area contributed by atoms with Crippen LogP contribution in [-0.2, 0) is 0 Å². The number of hydrogen-bond acceptors (Lipinski definition) is 2. The Morgan fingerprint density at radius 2 is 2.16 bits per heavy atom. The molecule has 1 aliphatic rings. The molecule has 1 aliphatic heterocycles. The lowest BCUT2D eigenvalue weighted by atomic mass is 9.97. The standard InChI is InChI=1S/C12H12BrF3N2O/c13-10-4-8(5-17-6-10)11(19)18-3-1-2-9(7-18)12(14,15)16/h4-6,9H,1-3,7H2/t9-/m0/s1. The molecule has 0 N–H and O–H groups in total. The molecule has 0 bridgehead atoms. The van der Waals surface area contributed by atoms with Crippen molar-refractivity contribution in [1.82, 2.24) is 9.88 Å². The molecule has 2 heterocycles. The summed E-state index contributed by atoms with van der Waals surface area (Å²) in [7, 11) is 0. The van der Waals surface area contributed by atoms with Crippen LogP contribution in [0.25, 0.3) is 0 Å². The Labute approximate surface area is 116 Å². The molecule has 0 saturated carbocycles. The van der Waals surface area contributed by atoms with Gasteiger partial charge in [0.05, 0.1) is 11.5 Å². The lowest BCUT2D eigenvalue weighted by Crippen LogP contribution is -2.44. The van der Waals surface area contributed by atoms with E-state index < -0.39 is 18.0 Å². The van der Waals surface area contributed by atoms with E-state index in [2.05, 4.69) is 20.9 Å². The number of carbonyl (C=O) groups is 1. The highest BCUT2D eigenvalue weighted by molar-refractivity contribution is 9.10. The minimum absolute atomic E-state index is 0.0873. The fraction of sp³-hybridized carbons (Fsp3) is 0.500. The van der Waals surface area contributed by atoms with Crippen LogP contribution in [0.5, 0.6) is 0 Å². The molecular formula is C12H12BrF3N2O. The summed E-state index contributed by atoms with van der Waals surface area (Å²) in [5, 5.41) is 0. The molecule has 0 aliphatic carbocycles. The molecule has 1 amide bonds. The Morgan fingerprint density at radius 3 is 2.79 bits per heavy atom. The van der Waals surface area contributed by atoms with E-state index in [1.165, 1.54) is 17.3 Å². The fourth-order valence-corrected chi connectivity index (χ4v) is 2.51. The van der Waals surface area contributed by atoms with E-state index in [1.807, 2.05) is 0 Å². The van der Waals surface area contributed by atoms with Crippen molar-refractivity contribution in [3.8, 4) is 0 Å². The van der Waals surface area contributed by atoms with Crippen molar-refractivity contribution < 1.29 is 18.0 Å². The number of rotatable bonds is 1. The van der Waals surface area contributed by atoms with Crippen LogP contribution in [0.3, 0.4) is 0 Å². The van der Waals surface area contributed by atoms with Gasteiger partial charge < -0.3 is 4.90 Å². The predicted molar refractivity (Wildman–Crippen MR) is 66.6 cm³/mol. The van der Waals surface area contributed by atoms with Gasteiger partial charge in [-0.3, -0.25) is 9.78 Å². The van der Waals surface area contributed by atoms with Crippen LogP contribution in [0, 0.1) is 5.92 Å². The lowest BCUT2D eigenvalue weighted by molar-refractivity contribution is -0.184. The molecular weight excluding hydrogens is 325 g/mol. The zero-order chi connectivity index (χ0) is 14.0. The van der Waals surface area contributed by atoms with Crippen LogP contribution < -0.4 is 0 Å². The largest absolute Gasteiger partial charge is 0.393 e. The zero-order valence-corrected chi connectivity index (χ0v) is 11.5.